The minimum atomic E-state index is -0.261. The summed E-state index contributed by atoms with van der Waals surface area (Å²) in [5, 5.41) is 10.4. The fraction of sp³-hybridized carbons (Fsp3) is 0.346. The summed E-state index contributed by atoms with van der Waals surface area (Å²) < 4.78 is 7.65. The predicted octanol–water partition coefficient (Wildman–Crippen LogP) is 4.10. The summed E-state index contributed by atoms with van der Waals surface area (Å²) in [7, 11) is 0. The molecule has 1 aromatic heterocycles. The number of fused-ring (bicyclic) bond motifs is 1. The molecule has 0 atom stereocenters. The van der Waals surface area contributed by atoms with Crippen molar-refractivity contribution >= 4 is 22.6 Å². The van der Waals surface area contributed by atoms with Crippen molar-refractivity contribution in [2.75, 3.05) is 25.1 Å². The number of aryl methyl sites for hydroxylation is 1. The number of hydrogen-bond acceptors (Lipinski definition) is 3. The van der Waals surface area contributed by atoms with Gasteiger partial charge in [-0.1, -0.05) is 30.2 Å². The number of aromatic nitrogens is 1. The van der Waals surface area contributed by atoms with Crippen LogP contribution >= 0.6 is 0 Å². The van der Waals surface area contributed by atoms with E-state index in [2.05, 4.69) is 63.5 Å². The van der Waals surface area contributed by atoms with Crippen LogP contribution in [-0.2, 0) is 17.8 Å². The summed E-state index contributed by atoms with van der Waals surface area (Å²) in [4.78, 5) is 12.0. The Morgan fingerprint density at radius 3 is 2.72 bits per heavy atom. The second-order valence-corrected chi connectivity index (χ2v) is 7.91. The van der Waals surface area contributed by atoms with Gasteiger partial charge < -0.3 is 25.3 Å². The van der Waals surface area contributed by atoms with Crippen LogP contribution in [0.5, 0.6) is 0 Å². The highest BCUT2D eigenvalue weighted by atomic mass is 16.5. The summed E-state index contributed by atoms with van der Waals surface area (Å²) in [6, 6.07) is 18.4. The van der Waals surface area contributed by atoms with Crippen molar-refractivity contribution in [1.82, 2.24) is 15.2 Å². The molecule has 3 N–H and O–H groups in total. The molecule has 1 aliphatic heterocycles. The molecule has 0 unspecified atom stereocenters. The number of carbonyl (C=O) groups is 1. The first kappa shape index (κ1) is 21.9. The van der Waals surface area contributed by atoms with E-state index < -0.39 is 0 Å². The quantitative estimate of drug-likeness (QED) is 0.516. The Hall–Kier alpha value is -3.27. The Bertz CT molecular complexity index is 1110. The Kier molecular flexibility index (Phi) is 7.44. The monoisotopic (exact) mass is 430 g/mol. The van der Waals surface area contributed by atoms with Crippen LogP contribution < -0.4 is 16.0 Å². The molecule has 0 spiro atoms. The third-order valence-corrected chi connectivity index (χ3v) is 5.68. The number of anilines is 1. The van der Waals surface area contributed by atoms with Gasteiger partial charge in [0.2, 0.25) is 0 Å². The summed E-state index contributed by atoms with van der Waals surface area (Å²) >= 11 is 0. The van der Waals surface area contributed by atoms with Gasteiger partial charge in [0.1, 0.15) is 0 Å². The highest BCUT2D eigenvalue weighted by molar-refractivity contribution is 5.89. The van der Waals surface area contributed by atoms with Gasteiger partial charge in [0.05, 0.1) is 12.2 Å². The number of ether oxygens (including phenoxy) is 1. The van der Waals surface area contributed by atoms with Gasteiger partial charge in [-0.15, -0.1) is 0 Å². The molecule has 2 aromatic carbocycles. The van der Waals surface area contributed by atoms with Crippen molar-refractivity contribution in [2.24, 2.45) is 0 Å². The van der Waals surface area contributed by atoms with E-state index in [1.165, 1.54) is 16.5 Å². The van der Waals surface area contributed by atoms with Crippen molar-refractivity contribution in [2.45, 2.75) is 38.9 Å². The van der Waals surface area contributed by atoms with Gasteiger partial charge in [-0.05, 0) is 61.6 Å². The van der Waals surface area contributed by atoms with Crippen molar-refractivity contribution in [3.8, 4) is 11.8 Å². The van der Waals surface area contributed by atoms with E-state index in [0.29, 0.717) is 6.04 Å². The molecule has 0 saturated carbocycles. The average Bonchev–Trinajstić information content (AvgIpc) is 3.18. The van der Waals surface area contributed by atoms with Gasteiger partial charge >= 0.3 is 6.03 Å². The summed E-state index contributed by atoms with van der Waals surface area (Å²) in [5.41, 5.74) is 4.17. The lowest BCUT2D eigenvalue weighted by Crippen LogP contribution is -2.34. The molecule has 0 bridgehead atoms. The molecule has 6 heteroatoms. The second kappa shape index (κ2) is 10.9. The van der Waals surface area contributed by atoms with Crippen LogP contribution in [0.2, 0.25) is 0 Å². The van der Waals surface area contributed by atoms with Gasteiger partial charge in [-0.3, -0.25) is 0 Å². The molecule has 2 heterocycles. The highest BCUT2D eigenvalue weighted by Crippen LogP contribution is 2.21. The van der Waals surface area contributed by atoms with Crippen molar-refractivity contribution in [3.63, 3.8) is 0 Å². The Morgan fingerprint density at radius 1 is 1.12 bits per heavy atom. The molecular weight excluding hydrogens is 400 g/mol. The van der Waals surface area contributed by atoms with Crippen LogP contribution in [0.25, 0.3) is 10.9 Å². The smallest absolute Gasteiger partial charge is 0.319 e. The molecule has 1 aliphatic rings. The van der Waals surface area contributed by atoms with Crippen LogP contribution in [0.3, 0.4) is 0 Å². The van der Waals surface area contributed by atoms with Crippen molar-refractivity contribution < 1.29 is 9.53 Å². The van der Waals surface area contributed by atoms with Gasteiger partial charge in [-0.25, -0.2) is 4.79 Å². The number of rotatable bonds is 6. The lowest BCUT2D eigenvalue weighted by molar-refractivity contribution is 0.0776. The number of benzene rings is 2. The number of hydrogen-bond donors (Lipinski definition) is 3. The largest absolute Gasteiger partial charge is 0.381 e. The normalized spacial score (nSPS) is 14.0. The molecule has 1 fully saturated rings. The minimum Gasteiger partial charge on any atom is -0.381 e. The molecule has 0 radical (unpaired) electrons. The van der Waals surface area contributed by atoms with E-state index in [-0.39, 0.29) is 12.6 Å². The number of nitrogens with one attached hydrogen (secondary N) is 3. The number of urea groups is 1. The topological polar surface area (TPSA) is 67.3 Å². The molecular formula is C26H30N4O2. The van der Waals surface area contributed by atoms with E-state index in [0.717, 1.165) is 50.5 Å². The summed E-state index contributed by atoms with van der Waals surface area (Å²) in [6.45, 7) is 5.80. The van der Waals surface area contributed by atoms with E-state index in [1.54, 1.807) is 0 Å². The van der Waals surface area contributed by atoms with Crippen LogP contribution in [0.15, 0.2) is 54.6 Å². The van der Waals surface area contributed by atoms with Crippen molar-refractivity contribution in [1.29, 1.82) is 0 Å². The number of nitrogens with zero attached hydrogens (tertiary/aromatic N) is 1. The second-order valence-electron chi connectivity index (χ2n) is 7.91. The maximum atomic E-state index is 12.0. The third kappa shape index (κ3) is 5.70. The molecule has 32 heavy (non-hydrogen) atoms. The van der Waals surface area contributed by atoms with Crippen LogP contribution in [-0.4, -0.2) is 36.4 Å². The fourth-order valence-corrected chi connectivity index (χ4v) is 3.99. The molecule has 1 saturated heterocycles. The zero-order chi connectivity index (χ0) is 22.2. The summed E-state index contributed by atoms with van der Waals surface area (Å²) in [5.74, 6) is 6.29. The Morgan fingerprint density at radius 2 is 1.94 bits per heavy atom. The van der Waals surface area contributed by atoms with Crippen LogP contribution in [0, 0.1) is 11.8 Å². The van der Waals surface area contributed by atoms with E-state index in [9.17, 15) is 4.79 Å². The maximum Gasteiger partial charge on any atom is 0.319 e. The first-order chi connectivity index (χ1) is 15.7. The molecule has 2 amide bonds. The summed E-state index contributed by atoms with van der Waals surface area (Å²) in [6.07, 6.45) is 2.15. The maximum absolute atomic E-state index is 12.0. The first-order valence-electron chi connectivity index (χ1n) is 11.2. The first-order valence-corrected chi connectivity index (χ1v) is 11.2. The molecule has 0 aliphatic carbocycles. The predicted molar refractivity (Wildman–Crippen MR) is 129 cm³/mol. The van der Waals surface area contributed by atoms with Crippen LogP contribution in [0.4, 0.5) is 10.5 Å². The average molecular weight is 431 g/mol. The zero-order valence-corrected chi connectivity index (χ0v) is 18.5. The number of amides is 2. The fourth-order valence-electron chi connectivity index (χ4n) is 3.99. The third-order valence-electron chi connectivity index (χ3n) is 5.68. The van der Waals surface area contributed by atoms with Gasteiger partial charge in [0, 0.05) is 48.9 Å². The Labute approximate surface area is 189 Å². The van der Waals surface area contributed by atoms with E-state index >= 15 is 0 Å². The molecule has 166 valence electrons. The molecule has 3 aromatic rings. The van der Waals surface area contributed by atoms with Crippen LogP contribution in [0.1, 0.15) is 31.0 Å². The number of para-hydroxylation sites is 1. The van der Waals surface area contributed by atoms with Crippen molar-refractivity contribution in [3.05, 3.63) is 65.9 Å². The van der Waals surface area contributed by atoms with E-state index in [4.69, 9.17) is 4.74 Å². The number of carbonyl (C=O) groups excluding carboxylic acids is 1. The minimum absolute atomic E-state index is 0.261. The standard InChI is InChI=1S/C26H30N4O2/c1-2-30-24(9-6-14-27-26(31)29-23-7-4-3-5-8-23)18-21-17-20(10-11-25(21)30)19-28-22-12-15-32-16-13-22/h3-5,7-8,10-11,17-18,22,28H,2,12-16,19H2,1H3,(H2,27,29,31). The van der Waals surface area contributed by atoms with E-state index in [1.807, 2.05) is 30.3 Å². The lowest BCUT2D eigenvalue weighted by Gasteiger charge is -2.23. The SMILES string of the molecule is CCn1c(C#CCNC(=O)Nc2ccccc2)cc2cc(CNC3CCOCC3)ccc21. The molecule has 4 rings (SSSR count). The Balaban J connectivity index is 1.37. The highest BCUT2D eigenvalue weighted by Gasteiger charge is 2.13. The molecule has 6 nitrogen and oxygen atoms in total. The van der Waals surface area contributed by atoms with Gasteiger partial charge in [0.25, 0.3) is 0 Å². The van der Waals surface area contributed by atoms with Gasteiger partial charge in [0.15, 0.2) is 0 Å². The lowest BCUT2D eigenvalue weighted by atomic mass is 10.1. The zero-order valence-electron chi connectivity index (χ0n) is 18.5. The van der Waals surface area contributed by atoms with Gasteiger partial charge in [-0.2, -0.15) is 0 Å².